The van der Waals surface area contributed by atoms with Gasteiger partial charge >= 0.3 is 0 Å². The molecular formula is C18H25NO2. The predicted molar refractivity (Wildman–Crippen MR) is 84.4 cm³/mol. The molecule has 3 heteroatoms. The third kappa shape index (κ3) is 2.48. The first-order valence-electron chi connectivity index (χ1n) is 8.11. The molecule has 1 aromatic carbocycles. The fraction of sp³-hybridized carbons (Fsp3) is 0.611. The maximum atomic E-state index is 12.7. The molecule has 3 rings (SSSR count). The van der Waals surface area contributed by atoms with Crippen LogP contribution in [0.5, 0.6) is 0 Å². The van der Waals surface area contributed by atoms with Crippen molar-refractivity contribution in [3.63, 3.8) is 0 Å². The smallest absolute Gasteiger partial charge is 0.237 e. The number of para-hydroxylation sites is 1. The normalized spacial score (nSPS) is 23.2. The third-order valence-electron chi connectivity index (χ3n) is 5.21. The molecule has 3 nitrogen and oxygen atoms in total. The molecule has 0 aromatic heterocycles. The lowest BCUT2D eigenvalue weighted by Crippen LogP contribution is -2.43. The molecule has 1 atom stereocenters. The summed E-state index contributed by atoms with van der Waals surface area (Å²) in [6.45, 7) is 4.38. The lowest BCUT2D eigenvalue weighted by molar-refractivity contribution is -0.122. The average Bonchev–Trinajstić information content (AvgIpc) is 2.70. The van der Waals surface area contributed by atoms with Gasteiger partial charge in [0, 0.05) is 5.69 Å². The molecule has 2 aliphatic rings. The molecule has 1 heterocycles. The number of hydrogen-bond donors (Lipinski definition) is 1. The summed E-state index contributed by atoms with van der Waals surface area (Å²) in [5.74, 6) is 0.459. The van der Waals surface area contributed by atoms with Crippen molar-refractivity contribution in [2.45, 2.75) is 57.5 Å². The van der Waals surface area contributed by atoms with Crippen LogP contribution in [0.4, 0.5) is 5.69 Å². The Kier molecular flexibility index (Phi) is 3.78. The van der Waals surface area contributed by atoms with Crippen LogP contribution in [0.15, 0.2) is 24.3 Å². The molecule has 1 unspecified atom stereocenters. The molecule has 1 aliphatic heterocycles. The second-order valence-corrected chi connectivity index (χ2v) is 7.02. The Morgan fingerprint density at radius 2 is 1.90 bits per heavy atom. The van der Waals surface area contributed by atoms with Crippen LogP contribution in [0.2, 0.25) is 0 Å². The second kappa shape index (κ2) is 5.45. The van der Waals surface area contributed by atoms with Gasteiger partial charge in [0.25, 0.3) is 0 Å². The van der Waals surface area contributed by atoms with Crippen molar-refractivity contribution in [2.75, 3.05) is 11.4 Å². The van der Waals surface area contributed by atoms with Crippen molar-refractivity contribution in [1.82, 2.24) is 0 Å². The minimum Gasteiger partial charge on any atom is -0.391 e. The number of carbonyl (C=O) groups is 1. The van der Waals surface area contributed by atoms with Gasteiger partial charge in [-0.3, -0.25) is 4.79 Å². The summed E-state index contributed by atoms with van der Waals surface area (Å²) in [5, 5.41) is 10.6. The average molecular weight is 287 g/mol. The maximum Gasteiger partial charge on any atom is 0.237 e. The van der Waals surface area contributed by atoms with Crippen molar-refractivity contribution in [2.24, 2.45) is 5.92 Å². The molecule has 1 N–H and O–H groups in total. The number of aliphatic hydroxyl groups is 1. The summed E-state index contributed by atoms with van der Waals surface area (Å²) >= 11 is 0. The quantitative estimate of drug-likeness (QED) is 0.927. The van der Waals surface area contributed by atoms with Gasteiger partial charge in [-0.1, -0.05) is 37.5 Å². The number of β-amino-alcohol motifs (C(OH)–C–C–N with tert-alkyl or cyclic N) is 1. The van der Waals surface area contributed by atoms with Crippen LogP contribution in [0.25, 0.3) is 0 Å². The van der Waals surface area contributed by atoms with Crippen molar-refractivity contribution in [1.29, 1.82) is 0 Å². The molecule has 1 fully saturated rings. The van der Waals surface area contributed by atoms with E-state index in [1.54, 1.807) is 4.90 Å². The van der Waals surface area contributed by atoms with Gasteiger partial charge in [-0.15, -0.1) is 0 Å². The van der Waals surface area contributed by atoms with Gasteiger partial charge in [0.05, 0.1) is 18.1 Å². The molecule has 0 spiro atoms. The Labute approximate surface area is 127 Å². The molecular weight excluding hydrogens is 262 g/mol. The van der Waals surface area contributed by atoms with Crippen molar-refractivity contribution >= 4 is 11.6 Å². The van der Waals surface area contributed by atoms with Crippen LogP contribution >= 0.6 is 0 Å². The SMILES string of the molecule is CC1(C)C(=O)N(CC(O)C2CCCCC2)c2ccccc21. The zero-order chi connectivity index (χ0) is 15.0. The Morgan fingerprint density at radius 3 is 2.62 bits per heavy atom. The van der Waals surface area contributed by atoms with Gasteiger partial charge in [-0.05, 0) is 44.2 Å². The van der Waals surface area contributed by atoms with Gasteiger partial charge < -0.3 is 10.0 Å². The van der Waals surface area contributed by atoms with Gasteiger partial charge in [-0.25, -0.2) is 0 Å². The van der Waals surface area contributed by atoms with Crippen LogP contribution in [-0.2, 0) is 10.2 Å². The summed E-state index contributed by atoms with van der Waals surface area (Å²) in [4.78, 5) is 14.5. The highest BCUT2D eigenvalue weighted by Gasteiger charge is 2.44. The lowest BCUT2D eigenvalue weighted by Gasteiger charge is -2.30. The summed E-state index contributed by atoms with van der Waals surface area (Å²) < 4.78 is 0. The van der Waals surface area contributed by atoms with E-state index in [4.69, 9.17) is 0 Å². The number of fused-ring (bicyclic) bond motifs is 1. The number of nitrogens with zero attached hydrogens (tertiary/aromatic N) is 1. The summed E-state index contributed by atoms with van der Waals surface area (Å²) in [6, 6.07) is 7.97. The van der Waals surface area contributed by atoms with Crippen molar-refractivity contribution < 1.29 is 9.90 Å². The Hall–Kier alpha value is -1.35. The van der Waals surface area contributed by atoms with Gasteiger partial charge in [0.15, 0.2) is 0 Å². The van der Waals surface area contributed by atoms with Gasteiger partial charge in [0.2, 0.25) is 5.91 Å². The first-order valence-corrected chi connectivity index (χ1v) is 8.11. The van der Waals surface area contributed by atoms with E-state index in [-0.39, 0.29) is 5.91 Å². The monoisotopic (exact) mass is 287 g/mol. The number of hydrogen-bond acceptors (Lipinski definition) is 2. The zero-order valence-corrected chi connectivity index (χ0v) is 13.0. The number of carbonyl (C=O) groups excluding carboxylic acids is 1. The molecule has 1 aliphatic carbocycles. The standard InChI is InChI=1S/C18H25NO2/c1-18(2)14-10-6-7-11-15(14)19(17(18)21)12-16(20)13-8-4-3-5-9-13/h6-7,10-11,13,16,20H,3-5,8-9,12H2,1-2H3. The van der Waals surface area contributed by atoms with E-state index in [9.17, 15) is 9.90 Å². The summed E-state index contributed by atoms with van der Waals surface area (Å²) in [7, 11) is 0. The number of amides is 1. The van der Waals surface area contributed by atoms with Crippen molar-refractivity contribution in [3.8, 4) is 0 Å². The van der Waals surface area contributed by atoms with E-state index in [0.717, 1.165) is 24.1 Å². The fourth-order valence-electron chi connectivity index (χ4n) is 3.84. The highest BCUT2D eigenvalue weighted by atomic mass is 16.3. The molecule has 21 heavy (non-hydrogen) atoms. The van der Waals surface area contributed by atoms with Crippen LogP contribution < -0.4 is 4.90 Å². The van der Waals surface area contributed by atoms with Crippen LogP contribution in [0, 0.1) is 5.92 Å². The van der Waals surface area contributed by atoms with E-state index >= 15 is 0 Å². The lowest BCUT2D eigenvalue weighted by atomic mass is 9.85. The number of anilines is 1. The van der Waals surface area contributed by atoms with Gasteiger partial charge in [0.1, 0.15) is 0 Å². The first-order chi connectivity index (χ1) is 10.0. The highest BCUT2D eigenvalue weighted by Crippen LogP contribution is 2.41. The van der Waals surface area contributed by atoms with E-state index in [2.05, 4.69) is 0 Å². The second-order valence-electron chi connectivity index (χ2n) is 7.02. The summed E-state index contributed by atoms with van der Waals surface area (Å²) in [6.07, 6.45) is 5.47. The third-order valence-corrected chi connectivity index (χ3v) is 5.21. The van der Waals surface area contributed by atoms with E-state index < -0.39 is 11.5 Å². The zero-order valence-electron chi connectivity index (χ0n) is 13.0. The Balaban J connectivity index is 1.81. The molecule has 0 saturated heterocycles. The maximum absolute atomic E-state index is 12.7. The topological polar surface area (TPSA) is 40.5 Å². The van der Waals surface area contributed by atoms with E-state index in [0.29, 0.717) is 12.5 Å². The first kappa shape index (κ1) is 14.6. The Bertz CT molecular complexity index is 532. The minimum absolute atomic E-state index is 0.110. The predicted octanol–water partition coefficient (Wildman–Crippen LogP) is 3.25. The molecule has 1 saturated carbocycles. The van der Waals surface area contributed by atoms with Crippen LogP contribution in [-0.4, -0.2) is 23.7 Å². The van der Waals surface area contributed by atoms with Crippen LogP contribution in [0.1, 0.15) is 51.5 Å². The molecule has 0 radical (unpaired) electrons. The molecule has 114 valence electrons. The largest absolute Gasteiger partial charge is 0.391 e. The fourth-order valence-corrected chi connectivity index (χ4v) is 3.84. The van der Waals surface area contributed by atoms with E-state index in [1.165, 1.54) is 19.3 Å². The summed E-state index contributed by atoms with van der Waals surface area (Å²) in [5.41, 5.74) is 1.57. The minimum atomic E-state index is -0.483. The molecule has 0 bridgehead atoms. The highest BCUT2D eigenvalue weighted by molar-refractivity contribution is 6.07. The van der Waals surface area contributed by atoms with Gasteiger partial charge in [-0.2, -0.15) is 0 Å². The van der Waals surface area contributed by atoms with Crippen LogP contribution in [0.3, 0.4) is 0 Å². The number of aliphatic hydroxyl groups excluding tert-OH is 1. The molecule has 1 amide bonds. The van der Waals surface area contributed by atoms with Crippen molar-refractivity contribution in [3.05, 3.63) is 29.8 Å². The number of benzene rings is 1. The number of rotatable bonds is 3. The Morgan fingerprint density at radius 1 is 1.24 bits per heavy atom. The van der Waals surface area contributed by atoms with E-state index in [1.807, 2.05) is 38.1 Å². The molecule has 1 aromatic rings.